The smallest absolute Gasteiger partial charge is 0.195 e. The summed E-state index contributed by atoms with van der Waals surface area (Å²) in [6.07, 6.45) is 1.97. The number of nitrogen functional groups attached to an aromatic ring is 1. The Bertz CT molecular complexity index is 725. The Kier molecular flexibility index (Phi) is 3.44. The van der Waals surface area contributed by atoms with Crippen molar-refractivity contribution >= 4 is 39.0 Å². The Morgan fingerprint density at radius 1 is 1.21 bits per heavy atom. The number of rotatable bonds is 3. The first kappa shape index (κ1) is 12.5. The molecule has 0 aliphatic heterocycles. The minimum absolute atomic E-state index is 0.754. The van der Waals surface area contributed by atoms with E-state index in [-0.39, 0.29) is 0 Å². The first-order chi connectivity index (χ1) is 9.24. The third kappa shape index (κ3) is 2.59. The van der Waals surface area contributed by atoms with Crippen LogP contribution >= 0.6 is 27.7 Å². The monoisotopic (exact) mass is 334 g/mol. The van der Waals surface area contributed by atoms with Gasteiger partial charge in [-0.2, -0.15) is 0 Å². The molecule has 1 aromatic carbocycles. The van der Waals surface area contributed by atoms with Crippen molar-refractivity contribution in [3.63, 3.8) is 0 Å². The summed E-state index contributed by atoms with van der Waals surface area (Å²) >= 11 is 5.04. The third-order valence-corrected chi connectivity index (χ3v) is 4.45. The van der Waals surface area contributed by atoms with Crippen LogP contribution < -0.4 is 5.73 Å². The molecule has 2 heterocycles. The van der Waals surface area contributed by atoms with E-state index in [1.165, 1.54) is 5.56 Å². The highest BCUT2D eigenvalue weighted by Crippen LogP contribution is 2.25. The van der Waals surface area contributed by atoms with E-state index >= 15 is 0 Å². The highest BCUT2D eigenvalue weighted by Gasteiger charge is 2.06. The number of thioether (sulfide) groups is 1. The lowest BCUT2D eigenvalue weighted by Gasteiger charge is -2.03. The molecule has 19 heavy (non-hydrogen) atoms. The Balaban J connectivity index is 1.80. The number of halogens is 1. The SMILES string of the molecule is Nc1cc(CSc2nnc3ccccn23)ccc1Br. The third-order valence-electron chi connectivity index (χ3n) is 2.71. The molecule has 0 atom stereocenters. The average molecular weight is 335 g/mol. The normalized spacial score (nSPS) is 11.0. The number of anilines is 1. The number of aromatic nitrogens is 3. The van der Waals surface area contributed by atoms with Crippen LogP contribution in [0.3, 0.4) is 0 Å². The Hall–Kier alpha value is -1.53. The molecule has 0 aliphatic rings. The van der Waals surface area contributed by atoms with Gasteiger partial charge in [-0.05, 0) is 45.8 Å². The number of nitrogens with zero attached hydrogens (tertiary/aromatic N) is 3. The van der Waals surface area contributed by atoms with Gasteiger partial charge in [0.15, 0.2) is 10.8 Å². The number of hydrogen-bond donors (Lipinski definition) is 1. The molecule has 4 nitrogen and oxygen atoms in total. The second kappa shape index (κ2) is 5.22. The lowest BCUT2D eigenvalue weighted by molar-refractivity contribution is 0.921. The molecule has 0 saturated heterocycles. The van der Waals surface area contributed by atoms with Crippen LogP contribution in [0.15, 0.2) is 52.2 Å². The fraction of sp³-hybridized carbons (Fsp3) is 0.0769. The minimum atomic E-state index is 0.754. The number of benzene rings is 1. The van der Waals surface area contributed by atoms with E-state index in [1.54, 1.807) is 11.8 Å². The molecule has 3 rings (SSSR count). The quantitative estimate of drug-likeness (QED) is 0.589. The highest BCUT2D eigenvalue weighted by atomic mass is 79.9. The number of pyridine rings is 1. The summed E-state index contributed by atoms with van der Waals surface area (Å²) in [5.41, 5.74) is 8.65. The summed E-state index contributed by atoms with van der Waals surface area (Å²) < 4.78 is 2.90. The number of hydrogen-bond acceptors (Lipinski definition) is 4. The number of nitrogens with two attached hydrogens (primary N) is 1. The van der Waals surface area contributed by atoms with Crippen molar-refractivity contribution in [3.05, 3.63) is 52.6 Å². The van der Waals surface area contributed by atoms with Crippen molar-refractivity contribution in [2.75, 3.05) is 5.73 Å². The van der Waals surface area contributed by atoms with E-state index < -0.39 is 0 Å². The number of fused-ring (bicyclic) bond motifs is 1. The Labute approximate surface area is 123 Å². The summed E-state index contributed by atoms with van der Waals surface area (Å²) in [5.74, 6) is 0.813. The van der Waals surface area contributed by atoms with Crippen molar-refractivity contribution in [1.29, 1.82) is 0 Å². The van der Waals surface area contributed by atoms with Gasteiger partial charge in [0.25, 0.3) is 0 Å². The van der Waals surface area contributed by atoms with Crippen molar-refractivity contribution in [2.24, 2.45) is 0 Å². The van der Waals surface area contributed by atoms with Crippen molar-refractivity contribution in [3.8, 4) is 0 Å². The van der Waals surface area contributed by atoms with E-state index in [0.29, 0.717) is 0 Å². The fourth-order valence-corrected chi connectivity index (χ4v) is 2.86. The first-order valence-electron chi connectivity index (χ1n) is 5.70. The Morgan fingerprint density at radius 2 is 2.11 bits per heavy atom. The molecule has 3 aromatic rings. The van der Waals surface area contributed by atoms with E-state index in [1.807, 2.05) is 40.9 Å². The zero-order valence-electron chi connectivity index (χ0n) is 9.95. The summed E-state index contributed by atoms with van der Waals surface area (Å²) in [4.78, 5) is 0. The van der Waals surface area contributed by atoms with Crippen LogP contribution in [-0.4, -0.2) is 14.6 Å². The predicted octanol–water partition coefficient (Wildman–Crippen LogP) is 3.37. The molecule has 0 amide bonds. The fourth-order valence-electron chi connectivity index (χ4n) is 1.75. The predicted molar refractivity (Wildman–Crippen MR) is 81.1 cm³/mol. The molecule has 0 unspecified atom stereocenters. The van der Waals surface area contributed by atoms with Crippen LogP contribution in [0.25, 0.3) is 5.65 Å². The van der Waals surface area contributed by atoms with Gasteiger partial charge in [0, 0.05) is 22.1 Å². The van der Waals surface area contributed by atoms with E-state index in [9.17, 15) is 0 Å². The van der Waals surface area contributed by atoms with Gasteiger partial charge in [-0.25, -0.2) is 0 Å². The molecule has 6 heteroatoms. The molecule has 0 aliphatic carbocycles. The van der Waals surface area contributed by atoms with Crippen LogP contribution in [0.1, 0.15) is 5.56 Å². The van der Waals surface area contributed by atoms with Crippen LogP contribution in [0.2, 0.25) is 0 Å². The molecule has 0 radical (unpaired) electrons. The van der Waals surface area contributed by atoms with E-state index in [2.05, 4.69) is 32.2 Å². The maximum absolute atomic E-state index is 5.87. The molecule has 96 valence electrons. The van der Waals surface area contributed by atoms with Gasteiger partial charge in [-0.15, -0.1) is 10.2 Å². The zero-order valence-corrected chi connectivity index (χ0v) is 12.4. The largest absolute Gasteiger partial charge is 0.398 e. The summed E-state index contributed by atoms with van der Waals surface area (Å²) in [7, 11) is 0. The topological polar surface area (TPSA) is 56.2 Å². The van der Waals surface area contributed by atoms with Crippen LogP contribution in [0, 0.1) is 0 Å². The molecule has 2 aromatic heterocycles. The second-order valence-corrected chi connectivity index (χ2v) is 5.85. The van der Waals surface area contributed by atoms with Gasteiger partial charge in [-0.1, -0.05) is 23.9 Å². The molecule has 0 spiro atoms. The summed E-state index contributed by atoms with van der Waals surface area (Å²) in [5, 5.41) is 9.19. The standard InChI is InChI=1S/C13H11BrN4S/c14-10-5-4-9(7-11(10)15)8-19-13-17-16-12-3-1-2-6-18(12)13/h1-7H,8,15H2. The lowest BCUT2D eigenvalue weighted by Crippen LogP contribution is -1.90. The van der Waals surface area contributed by atoms with Crippen molar-refractivity contribution < 1.29 is 0 Å². The lowest BCUT2D eigenvalue weighted by atomic mass is 10.2. The molecule has 0 fully saturated rings. The van der Waals surface area contributed by atoms with Gasteiger partial charge in [0.2, 0.25) is 0 Å². The first-order valence-corrected chi connectivity index (χ1v) is 7.48. The van der Waals surface area contributed by atoms with Crippen molar-refractivity contribution in [1.82, 2.24) is 14.6 Å². The van der Waals surface area contributed by atoms with Gasteiger partial charge in [0.1, 0.15) is 0 Å². The second-order valence-electron chi connectivity index (χ2n) is 4.06. The van der Waals surface area contributed by atoms with Crippen LogP contribution in [-0.2, 0) is 5.75 Å². The van der Waals surface area contributed by atoms with Crippen molar-refractivity contribution in [2.45, 2.75) is 10.9 Å². The minimum Gasteiger partial charge on any atom is -0.398 e. The van der Waals surface area contributed by atoms with E-state index in [4.69, 9.17) is 5.73 Å². The molecular formula is C13H11BrN4S. The van der Waals surface area contributed by atoms with E-state index in [0.717, 1.165) is 26.7 Å². The maximum atomic E-state index is 5.87. The summed E-state index contributed by atoms with van der Waals surface area (Å²) in [6.45, 7) is 0. The van der Waals surface area contributed by atoms with Gasteiger partial charge >= 0.3 is 0 Å². The maximum Gasteiger partial charge on any atom is 0.195 e. The summed E-state index contributed by atoms with van der Waals surface area (Å²) in [6, 6.07) is 11.9. The Morgan fingerprint density at radius 3 is 2.95 bits per heavy atom. The highest BCUT2D eigenvalue weighted by molar-refractivity contribution is 9.10. The average Bonchev–Trinajstić information content (AvgIpc) is 2.83. The van der Waals surface area contributed by atoms with Crippen LogP contribution in [0.5, 0.6) is 0 Å². The zero-order chi connectivity index (χ0) is 13.2. The van der Waals surface area contributed by atoms with Gasteiger partial charge < -0.3 is 5.73 Å². The molecule has 2 N–H and O–H groups in total. The van der Waals surface area contributed by atoms with Crippen LogP contribution in [0.4, 0.5) is 5.69 Å². The molecular weight excluding hydrogens is 324 g/mol. The molecule has 0 saturated carbocycles. The van der Waals surface area contributed by atoms with Gasteiger partial charge in [-0.3, -0.25) is 4.40 Å². The van der Waals surface area contributed by atoms with Gasteiger partial charge in [0.05, 0.1) is 0 Å². The molecule has 0 bridgehead atoms.